The number of ketones is 1. The lowest BCUT2D eigenvalue weighted by molar-refractivity contribution is -0.119. The van der Waals surface area contributed by atoms with E-state index in [4.69, 9.17) is 0 Å². The molecule has 2 heterocycles. The molecule has 1 fully saturated rings. The van der Waals surface area contributed by atoms with Gasteiger partial charge in [-0.15, -0.1) is 0 Å². The summed E-state index contributed by atoms with van der Waals surface area (Å²) < 4.78 is 1.54. The van der Waals surface area contributed by atoms with Crippen molar-refractivity contribution < 1.29 is 4.79 Å². The molecule has 2 rings (SSSR count). The van der Waals surface area contributed by atoms with Gasteiger partial charge in [-0.3, -0.25) is 9.59 Å². The van der Waals surface area contributed by atoms with Crippen LogP contribution in [0.5, 0.6) is 0 Å². The lowest BCUT2D eigenvalue weighted by Crippen LogP contribution is -2.34. The van der Waals surface area contributed by atoms with Crippen LogP contribution in [0.15, 0.2) is 23.1 Å². The first-order valence-corrected chi connectivity index (χ1v) is 5.10. The standard InChI is InChI=1S/C11H14N2O2/c1-12-5-2-9(8-11(12)15)13-6-3-10(14)4-7-13/h2,5,8H,3-4,6-7H2,1H3. The zero-order valence-corrected chi connectivity index (χ0v) is 8.77. The molecule has 0 aromatic carbocycles. The van der Waals surface area contributed by atoms with E-state index in [0.717, 1.165) is 18.8 Å². The molecule has 15 heavy (non-hydrogen) atoms. The Morgan fingerprint density at radius 3 is 2.47 bits per heavy atom. The lowest BCUT2D eigenvalue weighted by Gasteiger charge is -2.27. The number of nitrogens with zero attached hydrogens (tertiary/aromatic N) is 2. The molecule has 4 nitrogen and oxygen atoms in total. The number of aromatic nitrogens is 1. The van der Waals surface area contributed by atoms with Gasteiger partial charge in [0.1, 0.15) is 5.78 Å². The van der Waals surface area contributed by atoms with Gasteiger partial charge in [0.2, 0.25) is 0 Å². The van der Waals surface area contributed by atoms with Gasteiger partial charge in [0, 0.05) is 50.9 Å². The van der Waals surface area contributed by atoms with Gasteiger partial charge in [0.15, 0.2) is 0 Å². The molecule has 0 aliphatic carbocycles. The number of Topliss-reactive ketones (excluding diaryl/α,β-unsaturated/α-hetero) is 1. The smallest absolute Gasteiger partial charge is 0.252 e. The largest absolute Gasteiger partial charge is 0.370 e. The SMILES string of the molecule is Cn1ccc(N2CCC(=O)CC2)cc1=O. The minimum absolute atomic E-state index is 0.00981. The lowest BCUT2D eigenvalue weighted by atomic mass is 10.1. The fourth-order valence-corrected chi connectivity index (χ4v) is 1.75. The van der Waals surface area contributed by atoms with Crippen molar-refractivity contribution in [1.82, 2.24) is 4.57 Å². The molecular weight excluding hydrogens is 192 g/mol. The quantitative estimate of drug-likeness (QED) is 0.674. The van der Waals surface area contributed by atoms with E-state index in [0.29, 0.717) is 18.6 Å². The number of anilines is 1. The number of hydrogen-bond donors (Lipinski definition) is 0. The molecule has 0 bridgehead atoms. The molecule has 0 unspecified atom stereocenters. The first-order valence-electron chi connectivity index (χ1n) is 5.10. The highest BCUT2D eigenvalue weighted by Crippen LogP contribution is 2.15. The summed E-state index contributed by atoms with van der Waals surface area (Å²) in [7, 11) is 1.73. The number of aryl methyl sites for hydroxylation is 1. The van der Waals surface area contributed by atoms with Crippen LogP contribution in [0.2, 0.25) is 0 Å². The molecule has 80 valence electrons. The molecule has 1 aliphatic rings. The summed E-state index contributed by atoms with van der Waals surface area (Å²) in [5.74, 6) is 0.315. The van der Waals surface area contributed by atoms with E-state index in [1.54, 1.807) is 23.9 Å². The number of carbonyl (C=O) groups excluding carboxylic acids is 1. The van der Waals surface area contributed by atoms with Gasteiger partial charge in [0.05, 0.1) is 0 Å². The van der Waals surface area contributed by atoms with Gasteiger partial charge in [-0.1, -0.05) is 0 Å². The van der Waals surface area contributed by atoms with E-state index in [-0.39, 0.29) is 5.56 Å². The summed E-state index contributed by atoms with van der Waals surface area (Å²) in [5, 5.41) is 0. The van der Waals surface area contributed by atoms with Gasteiger partial charge in [-0.25, -0.2) is 0 Å². The van der Waals surface area contributed by atoms with Crippen molar-refractivity contribution in [3.05, 3.63) is 28.7 Å². The Bertz CT molecular complexity index is 426. The second-order valence-corrected chi connectivity index (χ2v) is 3.86. The molecule has 1 aliphatic heterocycles. The van der Waals surface area contributed by atoms with Crippen LogP contribution in [-0.2, 0) is 11.8 Å². The average molecular weight is 206 g/mol. The minimum Gasteiger partial charge on any atom is -0.370 e. The van der Waals surface area contributed by atoms with Crippen molar-refractivity contribution in [3.8, 4) is 0 Å². The van der Waals surface area contributed by atoms with Crippen LogP contribution in [-0.4, -0.2) is 23.4 Å². The van der Waals surface area contributed by atoms with Gasteiger partial charge in [-0.05, 0) is 6.07 Å². The first kappa shape index (κ1) is 9.96. The fraction of sp³-hybridized carbons (Fsp3) is 0.455. The van der Waals surface area contributed by atoms with Gasteiger partial charge in [0.25, 0.3) is 5.56 Å². The van der Waals surface area contributed by atoms with Crippen molar-refractivity contribution >= 4 is 11.5 Å². The van der Waals surface area contributed by atoms with E-state index in [1.807, 2.05) is 6.07 Å². The van der Waals surface area contributed by atoms with Crippen LogP contribution in [0.3, 0.4) is 0 Å². The van der Waals surface area contributed by atoms with Crippen LogP contribution in [0, 0.1) is 0 Å². The normalized spacial score (nSPS) is 16.9. The van der Waals surface area contributed by atoms with Crippen LogP contribution < -0.4 is 10.5 Å². The summed E-state index contributed by atoms with van der Waals surface area (Å²) >= 11 is 0. The van der Waals surface area contributed by atoms with Crippen LogP contribution in [0.4, 0.5) is 5.69 Å². The molecule has 1 saturated heterocycles. The van der Waals surface area contributed by atoms with Gasteiger partial charge >= 0.3 is 0 Å². The van der Waals surface area contributed by atoms with E-state index in [2.05, 4.69) is 4.90 Å². The Hall–Kier alpha value is -1.58. The Labute approximate surface area is 88.1 Å². The van der Waals surface area contributed by atoms with E-state index in [1.165, 1.54) is 0 Å². The summed E-state index contributed by atoms with van der Waals surface area (Å²) in [6.45, 7) is 1.46. The maximum Gasteiger partial charge on any atom is 0.252 e. The molecule has 0 radical (unpaired) electrons. The summed E-state index contributed by atoms with van der Waals surface area (Å²) in [6.07, 6.45) is 2.94. The highest BCUT2D eigenvalue weighted by molar-refractivity contribution is 5.80. The predicted molar refractivity (Wildman–Crippen MR) is 58.1 cm³/mol. The zero-order valence-electron chi connectivity index (χ0n) is 8.77. The second-order valence-electron chi connectivity index (χ2n) is 3.86. The van der Waals surface area contributed by atoms with E-state index >= 15 is 0 Å². The molecular formula is C11H14N2O2. The molecule has 0 saturated carbocycles. The minimum atomic E-state index is -0.00981. The fourth-order valence-electron chi connectivity index (χ4n) is 1.75. The van der Waals surface area contributed by atoms with E-state index in [9.17, 15) is 9.59 Å². The zero-order chi connectivity index (χ0) is 10.8. The Balaban J connectivity index is 2.19. The Kier molecular flexibility index (Phi) is 2.58. The Morgan fingerprint density at radius 1 is 1.20 bits per heavy atom. The van der Waals surface area contributed by atoms with E-state index < -0.39 is 0 Å². The topological polar surface area (TPSA) is 42.3 Å². The highest BCUT2D eigenvalue weighted by atomic mass is 16.1. The summed E-state index contributed by atoms with van der Waals surface area (Å²) in [6, 6.07) is 3.53. The highest BCUT2D eigenvalue weighted by Gasteiger charge is 2.16. The van der Waals surface area contributed by atoms with Crippen LogP contribution in [0.25, 0.3) is 0 Å². The summed E-state index contributed by atoms with van der Waals surface area (Å²) in [4.78, 5) is 24.6. The molecule has 1 aromatic rings. The van der Waals surface area contributed by atoms with Crippen molar-refractivity contribution in [3.63, 3.8) is 0 Å². The summed E-state index contributed by atoms with van der Waals surface area (Å²) in [5.41, 5.74) is 0.912. The molecule has 0 spiro atoms. The predicted octanol–water partition coefficient (Wildman–Crippen LogP) is 0.555. The molecule has 1 aromatic heterocycles. The number of hydrogen-bond acceptors (Lipinski definition) is 3. The van der Waals surface area contributed by atoms with Gasteiger partial charge < -0.3 is 9.47 Å². The van der Waals surface area contributed by atoms with Crippen molar-refractivity contribution in [2.45, 2.75) is 12.8 Å². The third-order valence-electron chi connectivity index (χ3n) is 2.77. The Morgan fingerprint density at radius 2 is 1.87 bits per heavy atom. The third-order valence-corrected chi connectivity index (χ3v) is 2.77. The van der Waals surface area contributed by atoms with Crippen molar-refractivity contribution in [1.29, 1.82) is 0 Å². The maximum absolute atomic E-state index is 11.4. The molecule has 0 amide bonds. The average Bonchev–Trinajstić information content (AvgIpc) is 2.23. The third kappa shape index (κ3) is 2.09. The first-order chi connectivity index (χ1) is 7.16. The molecule has 0 atom stereocenters. The maximum atomic E-state index is 11.4. The monoisotopic (exact) mass is 206 g/mol. The van der Waals surface area contributed by atoms with Crippen molar-refractivity contribution in [2.24, 2.45) is 7.05 Å². The number of piperidine rings is 1. The number of carbonyl (C=O) groups is 1. The number of rotatable bonds is 1. The van der Waals surface area contributed by atoms with Gasteiger partial charge in [-0.2, -0.15) is 0 Å². The molecule has 0 N–H and O–H groups in total. The number of pyridine rings is 1. The van der Waals surface area contributed by atoms with Crippen molar-refractivity contribution in [2.75, 3.05) is 18.0 Å². The van der Waals surface area contributed by atoms with Crippen LogP contribution in [0.1, 0.15) is 12.8 Å². The van der Waals surface area contributed by atoms with Crippen LogP contribution >= 0.6 is 0 Å². The molecule has 4 heteroatoms. The second kappa shape index (κ2) is 3.88.